The van der Waals surface area contributed by atoms with Crippen molar-refractivity contribution in [3.05, 3.63) is 58.9 Å². The monoisotopic (exact) mass is 301 g/mol. The van der Waals surface area contributed by atoms with Gasteiger partial charge in [-0.05, 0) is 30.3 Å². The molecule has 2 rings (SSSR count). The predicted octanol–water partition coefficient (Wildman–Crippen LogP) is 3.86. The molecule has 0 aliphatic carbocycles. The number of aromatic nitrogens is 1. The maximum Gasteiger partial charge on any atom is 0.573 e. The Kier molecular flexibility index (Phi) is 3.94. The van der Waals surface area contributed by atoms with Crippen LogP contribution >= 0.6 is 11.6 Å². The average Bonchev–Trinajstić information content (AvgIpc) is 2.36. The van der Waals surface area contributed by atoms with Crippen molar-refractivity contribution in [2.75, 3.05) is 0 Å². The average molecular weight is 302 g/mol. The van der Waals surface area contributed by atoms with Crippen LogP contribution in [0.5, 0.6) is 5.75 Å². The summed E-state index contributed by atoms with van der Waals surface area (Å²) in [4.78, 5) is 15.9. The molecular formula is C13H7ClF3NO2. The smallest absolute Gasteiger partial charge is 0.406 e. The molecule has 0 radical (unpaired) electrons. The predicted molar refractivity (Wildman–Crippen MR) is 65.8 cm³/mol. The standard InChI is InChI=1S/C13H7ClF3NO2/c14-9-5-8(6-10(7-9)20-13(15,16)17)12(19)11-3-1-2-4-18-11/h1-7H. The van der Waals surface area contributed by atoms with Crippen LogP contribution in [0, 0.1) is 0 Å². The second-order valence-corrected chi connectivity index (χ2v) is 4.20. The first-order chi connectivity index (χ1) is 9.35. The van der Waals surface area contributed by atoms with Crippen LogP contribution in [0.15, 0.2) is 42.6 Å². The first-order valence-corrected chi connectivity index (χ1v) is 5.75. The lowest BCUT2D eigenvalue weighted by molar-refractivity contribution is -0.274. The Morgan fingerprint density at radius 1 is 1.20 bits per heavy atom. The summed E-state index contributed by atoms with van der Waals surface area (Å²) in [7, 11) is 0. The highest BCUT2D eigenvalue weighted by atomic mass is 35.5. The van der Waals surface area contributed by atoms with Crippen LogP contribution in [0.2, 0.25) is 5.02 Å². The van der Waals surface area contributed by atoms with E-state index in [9.17, 15) is 18.0 Å². The minimum Gasteiger partial charge on any atom is -0.406 e. The zero-order valence-corrected chi connectivity index (χ0v) is 10.6. The van der Waals surface area contributed by atoms with Crippen molar-refractivity contribution >= 4 is 17.4 Å². The zero-order valence-electron chi connectivity index (χ0n) is 9.82. The number of benzene rings is 1. The van der Waals surface area contributed by atoms with E-state index in [1.54, 1.807) is 12.1 Å². The molecule has 0 spiro atoms. The SMILES string of the molecule is O=C(c1cc(Cl)cc(OC(F)(F)F)c1)c1ccccn1. The van der Waals surface area contributed by atoms with E-state index in [-0.39, 0.29) is 16.3 Å². The molecule has 0 atom stereocenters. The zero-order chi connectivity index (χ0) is 14.8. The molecule has 0 aliphatic rings. The van der Waals surface area contributed by atoms with Gasteiger partial charge in [0.1, 0.15) is 11.4 Å². The van der Waals surface area contributed by atoms with Crippen molar-refractivity contribution in [2.45, 2.75) is 6.36 Å². The number of alkyl halides is 3. The highest BCUT2D eigenvalue weighted by Gasteiger charge is 2.31. The second kappa shape index (κ2) is 5.50. The van der Waals surface area contributed by atoms with Gasteiger partial charge >= 0.3 is 6.36 Å². The number of ketones is 1. The minimum atomic E-state index is -4.85. The Hall–Kier alpha value is -2.08. The first-order valence-electron chi connectivity index (χ1n) is 5.37. The number of carbonyl (C=O) groups is 1. The van der Waals surface area contributed by atoms with Gasteiger partial charge in [-0.3, -0.25) is 9.78 Å². The molecule has 7 heteroatoms. The molecule has 0 fully saturated rings. The van der Waals surface area contributed by atoms with Gasteiger partial charge < -0.3 is 4.74 Å². The van der Waals surface area contributed by atoms with E-state index in [1.807, 2.05) is 0 Å². The van der Waals surface area contributed by atoms with E-state index in [0.717, 1.165) is 12.1 Å². The number of hydrogen-bond acceptors (Lipinski definition) is 3. The first kappa shape index (κ1) is 14.3. The number of pyridine rings is 1. The lowest BCUT2D eigenvalue weighted by Gasteiger charge is -2.10. The number of halogens is 4. The minimum absolute atomic E-state index is 0.0320. The van der Waals surface area contributed by atoms with E-state index in [0.29, 0.717) is 0 Å². The number of carbonyl (C=O) groups excluding carboxylic acids is 1. The molecule has 20 heavy (non-hydrogen) atoms. The third kappa shape index (κ3) is 3.71. The van der Waals surface area contributed by atoms with Crippen LogP contribution in [-0.2, 0) is 0 Å². The topological polar surface area (TPSA) is 39.2 Å². The van der Waals surface area contributed by atoms with Crippen molar-refractivity contribution in [3.63, 3.8) is 0 Å². The fourth-order valence-corrected chi connectivity index (χ4v) is 1.76. The Bertz CT molecular complexity index is 629. The number of nitrogens with zero attached hydrogens (tertiary/aromatic N) is 1. The lowest BCUT2D eigenvalue weighted by Crippen LogP contribution is -2.17. The molecule has 1 aromatic heterocycles. The fraction of sp³-hybridized carbons (Fsp3) is 0.0769. The fourth-order valence-electron chi connectivity index (χ4n) is 1.53. The molecule has 3 nitrogen and oxygen atoms in total. The molecular weight excluding hydrogens is 295 g/mol. The van der Waals surface area contributed by atoms with Gasteiger partial charge in [-0.15, -0.1) is 13.2 Å². The number of hydrogen-bond donors (Lipinski definition) is 0. The van der Waals surface area contributed by atoms with Crippen LogP contribution in [-0.4, -0.2) is 17.1 Å². The third-order valence-electron chi connectivity index (χ3n) is 2.26. The van der Waals surface area contributed by atoms with Gasteiger partial charge in [0.05, 0.1) is 0 Å². The van der Waals surface area contributed by atoms with Gasteiger partial charge in [-0.25, -0.2) is 0 Å². The Labute approximate surface area is 117 Å². The summed E-state index contributed by atoms with van der Waals surface area (Å²) in [6.07, 6.45) is -3.44. The molecule has 0 saturated carbocycles. The number of rotatable bonds is 3. The van der Waals surface area contributed by atoms with Crippen molar-refractivity contribution in [2.24, 2.45) is 0 Å². The summed E-state index contributed by atoms with van der Waals surface area (Å²) in [6.45, 7) is 0. The maximum absolute atomic E-state index is 12.2. The van der Waals surface area contributed by atoms with E-state index >= 15 is 0 Å². The number of ether oxygens (including phenoxy) is 1. The van der Waals surface area contributed by atoms with Gasteiger partial charge in [-0.1, -0.05) is 17.7 Å². The van der Waals surface area contributed by atoms with Gasteiger partial charge in [0.2, 0.25) is 5.78 Å². The van der Waals surface area contributed by atoms with Gasteiger partial charge in [0.25, 0.3) is 0 Å². The van der Waals surface area contributed by atoms with Gasteiger partial charge in [0, 0.05) is 16.8 Å². The summed E-state index contributed by atoms with van der Waals surface area (Å²) in [5.74, 6) is -1.09. The summed E-state index contributed by atoms with van der Waals surface area (Å²) in [5, 5.41) is -0.0361. The molecule has 1 heterocycles. The Morgan fingerprint density at radius 3 is 2.55 bits per heavy atom. The molecule has 104 valence electrons. The Morgan fingerprint density at radius 2 is 1.95 bits per heavy atom. The molecule has 0 unspecified atom stereocenters. The van der Waals surface area contributed by atoms with Crippen LogP contribution in [0.3, 0.4) is 0 Å². The lowest BCUT2D eigenvalue weighted by atomic mass is 10.1. The van der Waals surface area contributed by atoms with E-state index in [2.05, 4.69) is 9.72 Å². The summed E-state index contributed by atoms with van der Waals surface area (Å²) >= 11 is 5.69. The molecule has 0 saturated heterocycles. The molecule has 0 bridgehead atoms. The summed E-state index contributed by atoms with van der Waals surface area (Å²) in [5.41, 5.74) is 0.0724. The summed E-state index contributed by atoms with van der Waals surface area (Å²) < 4.78 is 40.3. The van der Waals surface area contributed by atoms with E-state index < -0.39 is 17.9 Å². The normalized spacial score (nSPS) is 11.2. The molecule has 2 aromatic rings. The Balaban J connectivity index is 2.35. The summed E-state index contributed by atoms with van der Waals surface area (Å²) in [6, 6.07) is 7.86. The molecule has 0 aliphatic heterocycles. The van der Waals surface area contributed by atoms with Crippen LogP contribution in [0.4, 0.5) is 13.2 Å². The molecule has 1 aromatic carbocycles. The van der Waals surface area contributed by atoms with Gasteiger partial charge in [-0.2, -0.15) is 0 Å². The van der Waals surface area contributed by atoms with Crippen LogP contribution in [0.25, 0.3) is 0 Å². The highest BCUT2D eigenvalue weighted by molar-refractivity contribution is 6.31. The quantitative estimate of drug-likeness (QED) is 0.808. The van der Waals surface area contributed by atoms with E-state index in [4.69, 9.17) is 11.6 Å². The second-order valence-electron chi connectivity index (χ2n) is 3.77. The third-order valence-corrected chi connectivity index (χ3v) is 2.48. The van der Waals surface area contributed by atoms with Gasteiger partial charge in [0.15, 0.2) is 0 Å². The molecule has 0 N–H and O–H groups in total. The molecule has 0 amide bonds. The van der Waals surface area contributed by atoms with Crippen molar-refractivity contribution in [3.8, 4) is 5.75 Å². The highest BCUT2D eigenvalue weighted by Crippen LogP contribution is 2.27. The van der Waals surface area contributed by atoms with E-state index in [1.165, 1.54) is 18.3 Å². The largest absolute Gasteiger partial charge is 0.573 e. The van der Waals surface area contributed by atoms with Crippen LogP contribution in [0.1, 0.15) is 16.1 Å². The maximum atomic E-state index is 12.2. The van der Waals surface area contributed by atoms with Crippen molar-refractivity contribution in [1.82, 2.24) is 4.98 Å². The van der Waals surface area contributed by atoms with Crippen molar-refractivity contribution < 1.29 is 22.7 Å². The van der Waals surface area contributed by atoms with Crippen molar-refractivity contribution in [1.29, 1.82) is 0 Å². The van der Waals surface area contributed by atoms with Crippen LogP contribution < -0.4 is 4.74 Å².